The van der Waals surface area contributed by atoms with E-state index in [1.165, 1.54) is 0 Å². The topological polar surface area (TPSA) is 32.7 Å². The lowest BCUT2D eigenvalue weighted by molar-refractivity contribution is 0.0845. The lowest BCUT2D eigenvalue weighted by Crippen LogP contribution is -2.30. The molecule has 0 fully saturated rings. The summed E-state index contributed by atoms with van der Waals surface area (Å²) in [7, 11) is 2.00. The van der Waals surface area contributed by atoms with Crippen LogP contribution in [0.25, 0.3) is 0 Å². The SMILES string of the molecule is CC(C)CCOCCN(C)CC(C)O. The first-order chi connectivity index (χ1) is 6.52. The normalized spacial score (nSPS) is 13.9. The predicted molar refractivity (Wildman–Crippen MR) is 59.5 cm³/mol. The summed E-state index contributed by atoms with van der Waals surface area (Å²) in [6.07, 6.45) is 0.871. The molecule has 86 valence electrons. The summed E-state index contributed by atoms with van der Waals surface area (Å²) in [5, 5.41) is 9.12. The Morgan fingerprint density at radius 3 is 2.36 bits per heavy atom. The summed E-state index contributed by atoms with van der Waals surface area (Å²) in [4.78, 5) is 2.08. The van der Waals surface area contributed by atoms with Crippen LogP contribution >= 0.6 is 0 Å². The standard InChI is InChI=1S/C11H25NO2/c1-10(2)5-7-14-8-6-12(4)9-11(3)13/h10-11,13H,5-9H2,1-4H3. The van der Waals surface area contributed by atoms with Gasteiger partial charge in [0, 0.05) is 19.7 Å². The number of nitrogens with zero attached hydrogens (tertiary/aromatic N) is 1. The van der Waals surface area contributed by atoms with Gasteiger partial charge in [-0.15, -0.1) is 0 Å². The molecule has 0 aliphatic rings. The molecule has 0 saturated heterocycles. The van der Waals surface area contributed by atoms with Crippen molar-refractivity contribution >= 4 is 0 Å². The van der Waals surface area contributed by atoms with Gasteiger partial charge < -0.3 is 14.7 Å². The number of hydrogen-bond donors (Lipinski definition) is 1. The summed E-state index contributed by atoms with van der Waals surface area (Å²) >= 11 is 0. The molecule has 1 N–H and O–H groups in total. The Morgan fingerprint density at radius 2 is 1.86 bits per heavy atom. The van der Waals surface area contributed by atoms with Gasteiger partial charge in [-0.25, -0.2) is 0 Å². The van der Waals surface area contributed by atoms with Crippen molar-refractivity contribution in [3.05, 3.63) is 0 Å². The molecule has 3 nitrogen and oxygen atoms in total. The molecule has 1 unspecified atom stereocenters. The van der Waals surface area contributed by atoms with E-state index < -0.39 is 0 Å². The molecule has 0 aromatic carbocycles. The largest absolute Gasteiger partial charge is 0.392 e. The number of aliphatic hydroxyl groups excluding tert-OH is 1. The predicted octanol–water partition coefficient (Wildman–Crippen LogP) is 1.36. The first-order valence-electron chi connectivity index (χ1n) is 5.46. The zero-order valence-electron chi connectivity index (χ0n) is 9.99. The van der Waals surface area contributed by atoms with Gasteiger partial charge >= 0.3 is 0 Å². The summed E-state index contributed by atoms with van der Waals surface area (Å²) in [6, 6.07) is 0. The summed E-state index contributed by atoms with van der Waals surface area (Å²) in [5.74, 6) is 0.713. The van der Waals surface area contributed by atoms with E-state index in [9.17, 15) is 0 Å². The van der Waals surface area contributed by atoms with Crippen molar-refractivity contribution in [1.29, 1.82) is 0 Å². The number of hydrogen-bond acceptors (Lipinski definition) is 3. The molecule has 0 spiro atoms. The Bertz CT molecular complexity index is 126. The van der Waals surface area contributed by atoms with Crippen molar-refractivity contribution in [2.24, 2.45) is 5.92 Å². The van der Waals surface area contributed by atoms with Gasteiger partial charge in [-0.05, 0) is 26.3 Å². The zero-order chi connectivity index (χ0) is 11.0. The van der Waals surface area contributed by atoms with Crippen LogP contribution in [0.1, 0.15) is 27.2 Å². The Labute approximate surface area is 88.1 Å². The minimum Gasteiger partial charge on any atom is -0.392 e. The highest BCUT2D eigenvalue weighted by Crippen LogP contribution is 1.98. The zero-order valence-corrected chi connectivity index (χ0v) is 9.99. The van der Waals surface area contributed by atoms with Gasteiger partial charge in [0.05, 0.1) is 12.7 Å². The highest BCUT2D eigenvalue weighted by molar-refractivity contribution is 4.55. The lowest BCUT2D eigenvalue weighted by Gasteiger charge is -2.18. The second kappa shape index (κ2) is 8.21. The van der Waals surface area contributed by atoms with E-state index in [4.69, 9.17) is 9.84 Å². The molecule has 1 atom stereocenters. The minimum atomic E-state index is -0.254. The average Bonchev–Trinajstić information content (AvgIpc) is 2.01. The maximum absolute atomic E-state index is 9.12. The Balaban J connectivity index is 3.19. The molecule has 0 radical (unpaired) electrons. The van der Waals surface area contributed by atoms with Gasteiger partial charge in [-0.1, -0.05) is 13.8 Å². The van der Waals surface area contributed by atoms with Crippen LogP contribution in [0.15, 0.2) is 0 Å². The van der Waals surface area contributed by atoms with E-state index in [2.05, 4.69) is 18.7 Å². The maximum Gasteiger partial charge on any atom is 0.0638 e. The van der Waals surface area contributed by atoms with Crippen LogP contribution in [0.4, 0.5) is 0 Å². The quantitative estimate of drug-likeness (QED) is 0.605. The molecule has 3 heteroatoms. The van der Waals surface area contributed by atoms with Crippen LogP contribution in [-0.2, 0) is 4.74 Å². The summed E-state index contributed by atoms with van der Waals surface area (Å²) in [5.41, 5.74) is 0. The van der Waals surface area contributed by atoms with Crippen LogP contribution in [0.2, 0.25) is 0 Å². The van der Waals surface area contributed by atoms with E-state index >= 15 is 0 Å². The fourth-order valence-electron chi connectivity index (χ4n) is 1.18. The third kappa shape index (κ3) is 9.96. The molecule has 0 saturated carbocycles. The first-order valence-corrected chi connectivity index (χ1v) is 5.46. The Kier molecular flexibility index (Phi) is 8.14. The van der Waals surface area contributed by atoms with E-state index in [0.29, 0.717) is 12.5 Å². The second-order valence-corrected chi connectivity index (χ2v) is 4.41. The number of rotatable bonds is 8. The van der Waals surface area contributed by atoms with E-state index in [0.717, 1.165) is 26.2 Å². The molecule has 0 aromatic rings. The monoisotopic (exact) mass is 203 g/mol. The highest BCUT2D eigenvalue weighted by atomic mass is 16.5. The molecule has 0 rings (SSSR count). The molecule has 0 heterocycles. The van der Waals surface area contributed by atoms with E-state index in [1.807, 2.05) is 7.05 Å². The number of ether oxygens (including phenoxy) is 1. The summed E-state index contributed by atoms with van der Waals surface area (Å²) < 4.78 is 5.47. The molecule has 0 aliphatic heterocycles. The van der Waals surface area contributed by atoms with Crippen molar-refractivity contribution < 1.29 is 9.84 Å². The number of likely N-dealkylation sites (N-methyl/N-ethyl adjacent to an activating group) is 1. The lowest BCUT2D eigenvalue weighted by atomic mass is 10.1. The molecular weight excluding hydrogens is 178 g/mol. The fourth-order valence-corrected chi connectivity index (χ4v) is 1.18. The van der Waals surface area contributed by atoms with Crippen molar-refractivity contribution in [2.75, 3.05) is 33.4 Å². The molecular formula is C11H25NO2. The van der Waals surface area contributed by atoms with E-state index in [-0.39, 0.29) is 6.10 Å². The van der Waals surface area contributed by atoms with Gasteiger partial charge in [0.2, 0.25) is 0 Å². The Morgan fingerprint density at radius 1 is 1.21 bits per heavy atom. The van der Waals surface area contributed by atoms with Crippen LogP contribution in [0, 0.1) is 5.92 Å². The van der Waals surface area contributed by atoms with E-state index in [1.54, 1.807) is 6.92 Å². The smallest absolute Gasteiger partial charge is 0.0638 e. The molecule has 0 amide bonds. The third-order valence-electron chi connectivity index (χ3n) is 2.03. The molecule has 0 aliphatic carbocycles. The summed E-state index contributed by atoms with van der Waals surface area (Å²) in [6.45, 7) is 9.41. The third-order valence-corrected chi connectivity index (χ3v) is 2.03. The second-order valence-electron chi connectivity index (χ2n) is 4.41. The van der Waals surface area contributed by atoms with Crippen LogP contribution in [-0.4, -0.2) is 49.5 Å². The van der Waals surface area contributed by atoms with Gasteiger partial charge in [0.15, 0.2) is 0 Å². The molecule has 14 heavy (non-hydrogen) atoms. The molecule has 0 bridgehead atoms. The van der Waals surface area contributed by atoms with Gasteiger partial charge in [-0.3, -0.25) is 0 Å². The van der Waals surface area contributed by atoms with Crippen molar-refractivity contribution in [1.82, 2.24) is 4.90 Å². The van der Waals surface area contributed by atoms with Gasteiger partial charge in [0.25, 0.3) is 0 Å². The number of aliphatic hydroxyl groups is 1. The Hall–Kier alpha value is -0.120. The molecule has 0 aromatic heterocycles. The van der Waals surface area contributed by atoms with Crippen molar-refractivity contribution in [3.63, 3.8) is 0 Å². The highest BCUT2D eigenvalue weighted by Gasteiger charge is 2.02. The fraction of sp³-hybridized carbons (Fsp3) is 1.00. The van der Waals surface area contributed by atoms with Crippen LogP contribution in [0.3, 0.4) is 0 Å². The van der Waals surface area contributed by atoms with Crippen LogP contribution in [0.5, 0.6) is 0 Å². The van der Waals surface area contributed by atoms with Crippen LogP contribution < -0.4 is 0 Å². The van der Waals surface area contributed by atoms with Gasteiger partial charge in [0.1, 0.15) is 0 Å². The van der Waals surface area contributed by atoms with Gasteiger partial charge in [-0.2, -0.15) is 0 Å². The first kappa shape index (κ1) is 13.9. The van der Waals surface area contributed by atoms with Crippen molar-refractivity contribution in [3.8, 4) is 0 Å². The van der Waals surface area contributed by atoms with Crippen molar-refractivity contribution in [2.45, 2.75) is 33.3 Å². The average molecular weight is 203 g/mol. The maximum atomic E-state index is 9.12. The minimum absolute atomic E-state index is 0.254.